The Bertz CT molecular complexity index is 1340. The van der Waals surface area contributed by atoms with Gasteiger partial charge in [-0.25, -0.2) is 0 Å². The van der Waals surface area contributed by atoms with Gasteiger partial charge in [-0.1, -0.05) is 113 Å². The normalized spacial score (nSPS) is 13.0. The van der Waals surface area contributed by atoms with Crippen molar-refractivity contribution in [3.8, 4) is 0 Å². The van der Waals surface area contributed by atoms with Gasteiger partial charge in [-0.3, -0.25) is 4.55 Å². The molecular weight excluding hydrogens is 654 g/mol. The van der Waals surface area contributed by atoms with E-state index < -0.39 is 41.3 Å². The van der Waals surface area contributed by atoms with Crippen LogP contribution < -0.4 is 15.9 Å². The lowest BCUT2D eigenvalue weighted by atomic mass is 10.1. The van der Waals surface area contributed by atoms with E-state index in [1.165, 1.54) is 51.9 Å². The summed E-state index contributed by atoms with van der Waals surface area (Å²) >= 11 is 0. The molecule has 250 valence electrons. The van der Waals surface area contributed by atoms with Crippen LogP contribution in [0.25, 0.3) is 0 Å². The van der Waals surface area contributed by atoms with Crippen LogP contribution in [0.3, 0.4) is 0 Å². The molecule has 0 aromatic heterocycles. The Hall–Kier alpha value is -2.63. The molecule has 14 heteroatoms. The fraction of sp³-hybridized carbons (Fsp3) is 0.419. The van der Waals surface area contributed by atoms with Gasteiger partial charge in [0.05, 0.1) is 0 Å². The van der Waals surface area contributed by atoms with Crippen molar-refractivity contribution < 1.29 is 52.5 Å². The number of alkyl halides is 9. The van der Waals surface area contributed by atoms with Crippen molar-refractivity contribution in [3.63, 3.8) is 0 Å². The predicted octanol–water partition coefficient (Wildman–Crippen LogP) is 8.60. The number of benzene rings is 3. The minimum atomic E-state index is -7.37. The minimum absolute atomic E-state index is 0.511. The molecule has 0 aliphatic carbocycles. The average Bonchev–Trinajstić information content (AvgIpc) is 2.95. The van der Waals surface area contributed by atoms with E-state index in [1.54, 1.807) is 0 Å². The molecule has 0 radical (unpaired) electrons. The molecule has 0 saturated heterocycles. The van der Waals surface area contributed by atoms with E-state index in [0.29, 0.717) is 0 Å². The van der Waals surface area contributed by atoms with Crippen LogP contribution in [0.1, 0.15) is 56.7 Å². The van der Waals surface area contributed by atoms with Crippen molar-refractivity contribution in [3.05, 3.63) is 89.5 Å². The molecular formula is C31H34F9O3PS. The molecule has 3 aromatic rings. The van der Waals surface area contributed by atoms with Crippen molar-refractivity contribution in [2.45, 2.75) is 82.6 Å². The smallest absolute Gasteiger partial charge is 0.281 e. The lowest BCUT2D eigenvalue weighted by Gasteiger charge is -2.31. The SMILES string of the molecule is CCCc1ccc(P(c2ccc(CCC)cc2)c2ccc(CCC)cc2)cc1.O=S(=O)(O)C(F)(F)C(F)(F)C(F)(F)C(F)(F)F. The molecule has 0 unspecified atom stereocenters. The second kappa shape index (κ2) is 15.3. The summed E-state index contributed by atoms with van der Waals surface area (Å²) in [6.07, 6.45) is -0.0464. The first-order chi connectivity index (χ1) is 20.7. The molecule has 3 rings (SSSR count). The van der Waals surface area contributed by atoms with Crippen LogP contribution in [0, 0.1) is 0 Å². The van der Waals surface area contributed by atoms with Gasteiger partial charge >= 0.3 is 33.4 Å². The summed E-state index contributed by atoms with van der Waals surface area (Å²) < 4.78 is 134. The fourth-order valence-corrected chi connectivity index (χ4v) is 6.96. The van der Waals surface area contributed by atoms with Gasteiger partial charge in [0.25, 0.3) is 0 Å². The summed E-state index contributed by atoms with van der Waals surface area (Å²) in [7, 11) is -7.68. The maximum absolute atomic E-state index is 12.2. The molecule has 3 nitrogen and oxygen atoms in total. The highest BCUT2D eigenvalue weighted by Gasteiger charge is 2.85. The highest BCUT2D eigenvalue weighted by atomic mass is 32.2. The van der Waals surface area contributed by atoms with Crippen LogP contribution in [-0.2, 0) is 29.4 Å². The Morgan fingerprint density at radius 1 is 0.533 bits per heavy atom. The van der Waals surface area contributed by atoms with Crippen LogP contribution in [0.4, 0.5) is 39.5 Å². The Morgan fingerprint density at radius 3 is 1.00 bits per heavy atom. The van der Waals surface area contributed by atoms with Gasteiger partial charge in [0, 0.05) is 0 Å². The van der Waals surface area contributed by atoms with Gasteiger partial charge in [-0.05, 0) is 59.8 Å². The molecule has 0 saturated carbocycles. The zero-order chi connectivity index (χ0) is 34.3. The first-order valence-corrected chi connectivity index (χ1v) is 16.8. The summed E-state index contributed by atoms with van der Waals surface area (Å²) in [5.41, 5.74) is 4.33. The summed E-state index contributed by atoms with van der Waals surface area (Å²) in [5, 5.41) is -2.66. The third-order valence-electron chi connectivity index (χ3n) is 6.64. The third kappa shape index (κ3) is 9.01. The first kappa shape index (κ1) is 38.6. The second-order valence-corrected chi connectivity index (χ2v) is 13.9. The molecule has 45 heavy (non-hydrogen) atoms. The molecule has 0 spiro atoms. The first-order valence-electron chi connectivity index (χ1n) is 14.0. The molecule has 0 bridgehead atoms. The molecule has 0 fully saturated rings. The number of rotatable bonds is 12. The summed E-state index contributed by atoms with van der Waals surface area (Å²) in [4.78, 5) is 0. The maximum Gasteiger partial charge on any atom is 0.460 e. The topological polar surface area (TPSA) is 54.4 Å². The standard InChI is InChI=1S/C27H33P.C4HF9O3S/c1-4-7-22-10-16-25(17-11-22)28(26-18-12-23(8-5-2)13-19-26)27-20-14-24(9-6-3)15-21-27;5-1(6,3(9,10)11)2(7,8)4(12,13)17(14,15)16/h10-21H,4-9H2,1-3H3;(H,14,15,16). The van der Waals surface area contributed by atoms with Crippen molar-refractivity contribution in [2.24, 2.45) is 0 Å². The van der Waals surface area contributed by atoms with E-state index >= 15 is 0 Å². The number of aryl methyl sites for hydroxylation is 3. The van der Waals surface area contributed by atoms with Gasteiger partial charge in [0.2, 0.25) is 0 Å². The molecule has 0 atom stereocenters. The van der Waals surface area contributed by atoms with Gasteiger partial charge in [0.15, 0.2) is 0 Å². The van der Waals surface area contributed by atoms with E-state index in [4.69, 9.17) is 4.55 Å². The van der Waals surface area contributed by atoms with E-state index in [1.807, 2.05) is 0 Å². The van der Waals surface area contributed by atoms with Crippen molar-refractivity contribution in [2.75, 3.05) is 0 Å². The minimum Gasteiger partial charge on any atom is -0.281 e. The van der Waals surface area contributed by atoms with Crippen LogP contribution in [-0.4, -0.2) is 36.2 Å². The highest BCUT2D eigenvalue weighted by molar-refractivity contribution is 7.87. The number of halogens is 9. The van der Waals surface area contributed by atoms with E-state index in [-0.39, 0.29) is 0 Å². The number of hydrogen-bond donors (Lipinski definition) is 1. The maximum atomic E-state index is 12.2. The average molecular weight is 689 g/mol. The number of hydrogen-bond acceptors (Lipinski definition) is 2. The Balaban J connectivity index is 0.000000358. The Morgan fingerprint density at radius 2 is 0.800 bits per heavy atom. The predicted molar refractivity (Wildman–Crippen MR) is 160 cm³/mol. The molecule has 0 aliphatic rings. The fourth-order valence-electron chi connectivity index (χ4n) is 4.27. The summed E-state index contributed by atoms with van der Waals surface area (Å²) in [5.74, 6) is -14.7. The van der Waals surface area contributed by atoms with Gasteiger partial charge < -0.3 is 0 Å². The highest BCUT2D eigenvalue weighted by Crippen LogP contribution is 2.54. The van der Waals surface area contributed by atoms with Crippen molar-refractivity contribution >= 4 is 34.0 Å². The summed E-state index contributed by atoms with van der Waals surface area (Å²) in [6.45, 7) is 6.74. The monoisotopic (exact) mass is 688 g/mol. The van der Waals surface area contributed by atoms with Crippen LogP contribution in [0.5, 0.6) is 0 Å². The van der Waals surface area contributed by atoms with Crippen molar-refractivity contribution in [1.82, 2.24) is 0 Å². The lowest BCUT2D eigenvalue weighted by molar-refractivity contribution is -0.382. The van der Waals surface area contributed by atoms with Crippen LogP contribution in [0.15, 0.2) is 72.8 Å². The Kier molecular flexibility index (Phi) is 13.1. The van der Waals surface area contributed by atoms with Gasteiger partial charge in [0.1, 0.15) is 0 Å². The molecule has 3 aromatic carbocycles. The molecule has 0 heterocycles. The zero-order valence-corrected chi connectivity index (χ0v) is 26.4. The van der Waals surface area contributed by atoms with E-state index in [9.17, 15) is 47.9 Å². The molecule has 0 aliphatic heterocycles. The van der Waals surface area contributed by atoms with E-state index in [2.05, 4.69) is 93.6 Å². The molecule has 1 N–H and O–H groups in total. The largest absolute Gasteiger partial charge is 0.460 e. The van der Waals surface area contributed by atoms with Crippen LogP contribution >= 0.6 is 7.92 Å². The van der Waals surface area contributed by atoms with Crippen LogP contribution in [0.2, 0.25) is 0 Å². The lowest BCUT2D eigenvalue weighted by Crippen LogP contribution is -2.63. The van der Waals surface area contributed by atoms with Gasteiger partial charge in [-0.15, -0.1) is 0 Å². The second-order valence-electron chi connectivity index (χ2n) is 10.2. The third-order valence-corrected chi connectivity index (χ3v) is 9.99. The van der Waals surface area contributed by atoms with E-state index in [0.717, 1.165) is 19.3 Å². The quantitative estimate of drug-likeness (QED) is 0.118. The van der Waals surface area contributed by atoms with Crippen molar-refractivity contribution in [1.29, 1.82) is 0 Å². The summed E-state index contributed by atoms with van der Waals surface area (Å²) in [6, 6.07) is 28.1. The molecule has 0 amide bonds. The van der Waals surface area contributed by atoms with Gasteiger partial charge in [-0.2, -0.15) is 47.9 Å². The Labute approximate surface area is 258 Å². The zero-order valence-electron chi connectivity index (χ0n) is 24.7.